The Kier molecular flexibility index (Phi) is 9.02. The summed E-state index contributed by atoms with van der Waals surface area (Å²) in [4.78, 5) is 25.7. The quantitative estimate of drug-likeness (QED) is 0.347. The molecule has 16 heteroatoms. The SMILES string of the molecule is CN(C)S(=O)(=O)c1cc(NC(=O)C2CCN(c3ccc(S(=O)(=O)N4CCOCC4)cc3[N+](=O)[O-])CC2)ccc1Cl. The molecule has 1 amide bonds. The third-order valence-corrected chi connectivity index (χ3v) is 11.1. The van der Waals surface area contributed by atoms with Crippen molar-refractivity contribution in [3.63, 3.8) is 0 Å². The number of halogens is 1. The first-order valence-electron chi connectivity index (χ1n) is 12.5. The average molecular weight is 616 g/mol. The zero-order valence-corrected chi connectivity index (χ0v) is 24.3. The molecular formula is C24H30ClN5O8S2. The van der Waals surface area contributed by atoms with E-state index in [1.165, 1.54) is 48.7 Å². The van der Waals surface area contributed by atoms with E-state index in [1.54, 1.807) is 4.90 Å². The number of nitro groups is 1. The highest BCUT2D eigenvalue weighted by Crippen LogP contribution is 2.35. The van der Waals surface area contributed by atoms with E-state index in [9.17, 15) is 31.7 Å². The molecule has 2 saturated heterocycles. The predicted octanol–water partition coefficient (Wildman–Crippen LogP) is 2.37. The van der Waals surface area contributed by atoms with Crippen molar-refractivity contribution in [2.75, 3.05) is 63.7 Å². The molecule has 0 atom stereocenters. The van der Waals surface area contributed by atoms with Crippen LogP contribution in [0.3, 0.4) is 0 Å². The monoisotopic (exact) mass is 615 g/mol. The molecular weight excluding hydrogens is 586 g/mol. The standard InChI is InChI=1S/C24H30ClN5O8S2/c1-27(2)40(36,37)23-15-18(3-5-20(23)25)26-24(31)17-7-9-28(10-8-17)21-6-4-19(16-22(21)30(32)33)39(34,35)29-11-13-38-14-12-29/h3-6,15-17H,7-14H2,1-2H3,(H,26,31). The number of nitrogens with one attached hydrogen (secondary N) is 1. The summed E-state index contributed by atoms with van der Waals surface area (Å²) < 4.78 is 58.5. The van der Waals surface area contributed by atoms with Crippen LogP contribution in [-0.4, -0.2) is 89.8 Å². The van der Waals surface area contributed by atoms with Gasteiger partial charge in [0.2, 0.25) is 26.0 Å². The van der Waals surface area contributed by atoms with E-state index in [2.05, 4.69) is 5.32 Å². The normalized spacial score (nSPS) is 17.6. The van der Waals surface area contributed by atoms with Gasteiger partial charge in [0.15, 0.2) is 0 Å². The molecule has 40 heavy (non-hydrogen) atoms. The van der Waals surface area contributed by atoms with E-state index >= 15 is 0 Å². The Morgan fingerprint density at radius 3 is 2.30 bits per heavy atom. The second-order valence-electron chi connectivity index (χ2n) is 9.61. The Morgan fingerprint density at radius 1 is 1.05 bits per heavy atom. The van der Waals surface area contributed by atoms with Gasteiger partial charge in [-0.05, 0) is 43.2 Å². The van der Waals surface area contributed by atoms with Gasteiger partial charge >= 0.3 is 0 Å². The number of morpholine rings is 1. The van der Waals surface area contributed by atoms with Crippen molar-refractivity contribution in [3.05, 3.63) is 51.5 Å². The fraction of sp³-hybridized carbons (Fsp3) is 0.458. The number of hydrogen-bond donors (Lipinski definition) is 1. The zero-order valence-electron chi connectivity index (χ0n) is 21.9. The fourth-order valence-corrected chi connectivity index (χ4v) is 7.44. The summed E-state index contributed by atoms with van der Waals surface area (Å²) in [5, 5.41) is 14.7. The minimum absolute atomic E-state index is 0.0327. The minimum atomic E-state index is -3.91. The van der Waals surface area contributed by atoms with E-state index in [0.717, 1.165) is 10.4 Å². The number of rotatable bonds is 8. The maximum Gasteiger partial charge on any atom is 0.293 e. The van der Waals surface area contributed by atoms with E-state index in [-0.39, 0.29) is 64.1 Å². The third-order valence-electron chi connectivity index (χ3n) is 6.92. The number of piperidine rings is 1. The molecule has 2 aromatic rings. The number of amides is 1. The first kappa shape index (κ1) is 30.1. The van der Waals surface area contributed by atoms with Crippen molar-refractivity contribution in [2.24, 2.45) is 5.92 Å². The van der Waals surface area contributed by atoms with Crippen LogP contribution in [0.2, 0.25) is 5.02 Å². The maximum atomic E-state index is 13.0. The highest BCUT2D eigenvalue weighted by Gasteiger charge is 2.32. The zero-order chi connectivity index (χ0) is 29.2. The van der Waals surface area contributed by atoms with E-state index in [1.807, 2.05) is 0 Å². The number of ether oxygens (including phenoxy) is 1. The number of nitrogens with zero attached hydrogens (tertiary/aromatic N) is 4. The number of benzene rings is 2. The lowest BCUT2D eigenvalue weighted by molar-refractivity contribution is -0.384. The summed E-state index contributed by atoms with van der Waals surface area (Å²) >= 11 is 6.08. The Hall–Kier alpha value is -2.82. The van der Waals surface area contributed by atoms with Crippen molar-refractivity contribution in [1.29, 1.82) is 0 Å². The van der Waals surface area contributed by atoms with Gasteiger partial charge in [-0.25, -0.2) is 21.1 Å². The topological polar surface area (TPSA) is 159 Å². The molecule has 2 fully saturated rings. The highest BCUT2D eigenvalue weighted by atomic mass is 35.5. The Bertz CT molecular complexity index is 1500. The lowest BCUT2D eigenvalue weighted by Gasteiger charge is -2.33. The molecule has 0 unspecified atom stereocenters. The molecule has 0 aromatic heterocycles. The van der Waals surface area contributed by atoms with Gasteiger partial charge < -0.3 is 15.0 Å². The smallest absolute Gasteiger partial charge is 0.293 e. The van der Waals surface area contributed by atoms with Crippen LogP contribution in [0, 0.1) is 16.0 Å². The largest absolute Gasteiger partial charge is 0.379 e. The molecule has 2 aromatic carbocycles. The maximum absolute atomic E-state index is 13.0. The van der Waals surface area contributed by atoms with Crippen LogP contribution in [0.25, 0.3) is 0 Å². The molecule has 13 nitrogen and oxygen atoms in total. The molecule has 0 spiro atoms. The van der Waals surface area contributed by atoms with Crippen LogP contribution in [0.15, 0.2) is 46.2 Å². The van der Waals surface area contributed by atoms with Gasteiger partial charge in [0, 0.05) is 57.9 Å². The van der Waals surface area contributed by atoms with Crippen molar-refractivity contribution >= 4 is 54.6 Å². The van der Waals surface area contributed by atoms with Crippen molar-refractivity contribution < 1.29 is 31.3 Å². The van der Waals surface area contributed by atoms with E-state index in [4.69, 9.17) is 16.3 Å². The second-order valence-corrected chi connectivity index (χ2v) is 14.1. The van der Waals surface area contributed by atoms with Gasteiger partial charge in [-0.1, -0.05) is 11.6 Å². The Labute approximate surface area is 237 Å². The van der Waals surface area contributed by atoms with Crippen LogP contribution in [0.4, 0.5) is 17.1 Å². The molecule has 2 aliphatic heterocycles. The molecule has 0 saturated carbocycles. The molecule has 218 valence electrons. The van der Waals surface area contributed by atoms with Gasteiger partial charge in [-0.15, -0.1) is 0 Å². The van der Waals surface area contributed by atoms with Crippen molar-refractivity contribution in [3.8, 4) is 0 Å². The second kappa shape index (κ2) is 12.0. The number of carbonyl (C=O) groups excluding carboxylic acids is 1. The van der Waals surface area contributed by atoms with Crippen LogP contribution in [0.1, 0.15) is 12.8 Å². The first-order chi connectivity index (χ1) is 18.8. The average Bonchev–Trinajstić information content (AvgIpc) is 2.94. The minimum Gasteiger partial charge on any atom is -0.379 e. The molecule has 2 aliphatic rings. The predicted molar refractivity (Wildman–Crippen MR) is 149 cm³/mol. The lowest BCUT2D eigenvalue weighted by atomic mass is 9.95. The van der Waals surface area contributed by atoms with Crippen molar-refractivity contribution in [1.82, 2.24) is 8.61 Å². The lowest BCUT2D eigenvalue weighted by Crippen LogP contribution is -2.40. The van der Waals surface area contributed by atoms with E-state index < -0.39 is 30.9 Å². The summed E-state index contributed by atoms with van der Waals surface area (Å²) in [7, 11) is -4.96. The number of anilines is 2. The molecule has 0 bridgehead atoms. The molecule has 0 radical (unpaired) electrons. The van der Waals surface area contributed by atoms with Gasteiger partial charge in [0.1, 0.15) is 10.6 Å². The highest BCUT2D eigenvalue weighted by molar-refractivity contribution is 7.89. The molecule has 2 heterocycles. The number of sulfonamides is 2. The summed E-state index contributed by atoms with van der Waals surface area (Å²) in [5.41, 5.74) is 0.235. The Morgan fingerprint density at radius 2 is 1.70 bits per heavy atom. The van der Waals surface area contributed by atoms with Crippen molar-refractivity contribution in [2.45, 2.75) is 22.6 Å². The number of nitro benzene ring substituents is 1. The summed E-state index contributed by atoms with van der Waals surface area (Å²) in [5.74, 6) is -0.725. The van der Waals surface area contributed by atoms with Gasteiger partial charge in [-0.2, -0.15) is 4.31 Å². The fourth-order valence-electron chi connectivity index (χ4n) is 4.62. The van der Waals surface area contributed by atoms with Crippen LogP contribution >= 0.6 is 11.6 Å². The van der Waals surface area contributed by atoms with E-state index in [0.29, 0.717) is 25.9 Å². The number of hydrogen-bond acceptors (Lipinski definition) is 9. The van der Waals surface area contributed by atoms with Gasteiger partial charge in [-0.3, -0.25) is 14.9 Å². The molecule has 0 aliphatic carbocycles. The summed E-state index contributed by atoms with van der Waals surface area (Å²) in [6.45, 7) is 1.53. The summed E-state index contributed by atoms with van der Waals surface area (Å²) in [6.07, 6.45) is 0.764. The summed E-state index contributed by atoms with van der Waals surface area (Å²) in [6, 6.07) is 8.11. The number of carbonyl (C=O) groups is 1. The van der Waals surface area contributed by atoms with Crippen LogP contribution in [-0.2, 0) is 29.6 Å². The first-order valence-corrected chi connectivity index (χ1v) is 15.7. The van der Waals surface area contributed by atoms with Gasteiger partial charge in [0.25, 0.3) is 5.69 Å². The van der Waals surface area contributed by atoms with Gasteiger partial charge in [0.05, 0.1) is 28.1 Å². The molecule has 4 rings (SSSR count). The Balaban J connectivity index is 1.45. The van der Waals surface area contributed by atoms with Crippen LogP contribution in [0.5, 0.6) is 0 Å². The van der Waals surface area contributed by atoms with Crippen LogP contribution < -0.4 is 10.2 Å². The third kappa shape index (κ3) is 6.24. The molecule has 1 N–H and O–H groups in total.